The predicted molar refractivity (Wildman–Crippen MR) is 64.2 cm³/mol. The van der Waals surface area contributed by atoms with Gasteiger partial charge in [0.25, 0.3) is 5.91 Å². The molecular formula is C11H17N3O5. The van der Waals surface area contributed by atoms with Gasteiger partial charge in [-0.25, -0.2) is 9.59 Å². The summed E-state index contributed by atoms with van der Waals surface area (Å²) in [5, 5.41) is 15.6. The normalized spacial score (nSPS) is 19.5. The molecule has 0 unspecified atom stereocenters. The van der Waals surface area contributed by atoms with E-state index in [0.717, 1.165) is 6.42 Å². The summed E-state index contributed by atoms with van der Waals surface area (Å²) in [6.07, 6.45) is 1.56. The van der Waals surface area contributed by atoms with Crippen LogP contribution in [0.2, 0.25) is 0 Å². The smallest absolute Gasteiger partial charge is 0.326 e. The van der Waals surface area contributed by atoms with Crippen LogP contribution in [0.15, 0.2) is 0 Å². The first-order valence-corrected chi connectivity index (χ1v) is 6.07. The number of carboxylic acids is 1. The van der Waals surface area contributed by atoms with Gasteiger partial charge in [-0.3, -0.25) is 14.9 Å². The van der Waals surface area contributed by atoms with Gasteiger partial charge in [0.15, 0.2) is 0 Å². The number of unbranched alkanes of at least 4 members (excludes halogenated alkanes) is 1. The van der Waals surface area contributed by atoms with Gasteiger partial charge in [0, 0.05) is 0 Å². The van der Waals surface area contributed by atoms with Crippen LogP contribution in [0.1, 0.15) is 32.6 Å². The molecule has 1 saturated heterocycles. The van der Waals surface area contributed by atoms with Gasteiger partial charge in [-0.15, -0.1) is 0 Å². The van der Waals surface area contributed by atoms with Gasteiger partial charge in [0.1, 0.15) is 12.1 Å². The van der Waals surface area contributed by atoms with Crippen LogP contribution in [-0.4, -0.2) is 41.0 Å². The van der Waals surface area contributed by atoms with Crippen LogP contribution in [0.4, 0.5) is 4.79 Å². The molecule has 19 heavy (non-hydrogen) atoms. The van der Waals surface area contributed by atoms with Crippen molar-refractivity contribution in [3.8, 4) is 0 Å². The van der Waals surface area contributed by atoms with E-state index in [1.54, 1.807) is 0 Å². The Bertz CT molecular complexity index is 396. The van der Waals surface area contributed by atoms with Gasteiger partial charge >= 0.3 is 12.0 Å². The second-order valence-electron chi connectivity index (χ2n) is 4.32. The van der Waals surface area contributed by atoms with E-state index >= 15 is 0 Å². The summed E-state index contributed by atoms with van der Waals surface area (Å²) in [6, 6.07) is -2.55. The molecule has 4 amide bonds. The van der Waals surface area contributed by atoms with Gasteiger partial charge in [0.2, 0.25) is 5.91 Å². The van der Waals surface area contributed by atoms with E-state index in [-0.39, 0.29) is 6.42 Å². The monoisotopic (exact) mass is 271 g/mol. The Balaban J connectivity index is 2.46. The van der Waals surface area contributed by atoms with E-state index in [1.807, 2.05) is 12.2 Å². The first-order valence-electron chi connectivity index (χ1n) is 6.07. The zero-order chi connectivity index (χ0) is 14.4. The van der Waals surface area contributed by atoms with Crippen LogP contribution in [-0.2, 0) is 14.4 Å². The average molecular weight is 271 g/mol. The molecule has 0 saturated carbocycles. The van der Waals surface area contributed by atoms with Crippen molar-refractivity contribution in [2.45, 2.75) is 44.7 Å². The number of nitrogens with one attached hydrogen (secondary N) is 3. The Morgan fingerprint density at radius 3 is 2.58 bits per heavy atom. The molecule has 0 aromatic heterocycles. The minimum Gasteiger partial charge on any atom is -0.480 e. The highest BCUT2D eigenvalue weighted by Crippen LogP contribution is 2.03. The van der Waals surface area contributed by atoms with E-state index in [1.165, 1.54) is 0 Å². The zero-order valence-corrected chi connectivity index (χ0v) is 10.6. The molecule has 106 valence electrons. The fraction of sp³-hybridized carbons (Fsp3) is 0.636. The van der Waals surface area contributed by atoms with E-state index in [0.29, 0.717) is 12.8 Å². The molecule has 0 spiro atoms. The van der Waals surface area contributed by atoms with Crippen LogP contribution >= 0.6 is 0 Å². The third kappa shape index (κ3) is 4.57. The van der Waals surface area contributed by atoms with Gasteiger partial charge in [0.05, 0.1) is 6.42 Å². The lowest BCUT2D eigenvalue weighted by molar-refractivity contribution is -0.142. The molecule has 8 heteroatoms. The summed E-state index contributed by atoms with van der Waals surface area (Å²) in [6.45, 7) is 1.92. The lowest BCUT2D eigenvalue weighted by Gasteiger charge is -2.15. The summed E-state index contributed by atoms with van der Waals surface area (Å²) in [7, 11) is 0. The van der Waals surface area contributed by atoms with E-state index in [2.05, 4.69) is 10.6 Å². The number of hydrogen-bond acceptors (Lipinski definition) is 4. The SMILES string of the molecule is CCCC[C@H](NC(=O)C[C@@H]1NC(=O)NC1=O)C(=O)O. The van der Waals surface area contributed by atoms with Crippen molar-refractivity contribution in [2.75, 3.05) is 0 Å². The first-order chi connectivity index (χ1) is 8.93. The average Bonchev–Trinajstić information content (AvgIpc) is 2.62. The number of hydrogen-bond donors (Lipinski definition) is 4. The van der Waals surface area contributed by atoms with Crippen molar-refractivity contribution in [1.82, 2.24) is 16.0 Å². The number of aliphatic carboxylic acids is 1. The zero-order valence-electron chi connectivity index (χ0n) is 10.6. The quantitative estimate of drug-likeness (QED) is 0.458. The molecule has 0 aromatic rings. The van der Waals surface area contributed by atoms with Crippen LogP contribution in [0.25, 0.3) is 0 Å². The summed E-state index contributed by atoms with van der Waals surface area (Å²) in [4.78, 5) is 44.6. The second-order valence-corrected chi connectivity index (χ2v) is 4.32. The number of imide groups is 1. The topological polar surface area (TPSA) is 125 Å². The maximum Gasteiger partial charge on any atom is 0.326 e. The molecular weight excluding hydrogens is 254 g/mol. The van der Waals surface area contributed by atoms with E-state index < -0.39 is 35.9 Å². The lowest BCUT2D eigenvalue weighted by atomic mass is 10.1. The van der Waals surface area contributed by atoms with E-state index in [9.17, 15) is 19.2 Å². The summed E-state index contributed by atoms with van der Waals surface area (Å²) < 4.78 is 0. The number of carbonyl (C=O) groups is 4. The lowest BCUT2D eigenvalue weighted by Crippen LogP contribution is -2.44. The van der Waals surface area contributed by atoms with Crippen molar-refractivity contribution >= 4 is 23.8 Å². The molecule has 0 aromatic carbocycles. The molecule has 1 aliphatic heterocycles. The van der Waals surface area contributed by atoms with Crippen molar-refractivity contribution < 1.29 is 24.3 Å². The molecule has 1 aliphatic rings. The number of carboxylic acid groups (broad SMARTS) is 1. The van der Waals surface area contributed by atoms with Crippen molar-refractivity contribution in [3.63, 3.8) is 0 Å². The molecule has 0 bridgehead atoms. The van der Waals surface area contributed by atoms with E-state index in [4.69, 9.17) is 5.11 Å². The second kappa shape index (κ2) is 6.72. The van der Waals surface area contributed by atoms with Crippen molar-refractivity contribution in [2.24, 2.45) is 0 Å². The molecule has 1 fully saturated rings. The van der Waals surface area contributed by atoms with Crippen LogP contribution in [0.3, 0.4) is 0 Å². The fourth-order valence-corrected chi connectivity index (χ4v) is 1.71. The summed E-state index contributed by atoms with van der Waals surface area (Å²) in [5.41, 5.74) is 0. The number of amides is 4. The predicted octanol–water partition coefficient (Wildman–Crippen LogP) is -0.656. The molecule has 8 nitrogen and oxygen atoms in total. The third-order valence-electron chi connectivity index (χ3n) is 2.73. The largest absolute Gasteiger partial charge is 0.480 e. The number of rotatable bonds is 7. The Kier molecular flexibility index (Phi) is 5.28. The Labute approximate surface area is 109 Å². The highest BCUT2D eigenvalue weighted by Gasteiger charge is 2.32. The third-order valence-corrected chi connectivity index (χ3v) is 2.73. The number of urea groups is 1. The number of carbonyl (C=O) groups excluding carboxylic acids is 3. The molecule has 1 heterocycles. The summed E-state index contributed by atoms with van der Waals surface area (Å²) in [5.74, 6) is -2.27. The highest BCUT2D eigenvalue weighted by atomic mass is 16.4. The molecule has 1 rings (SSSR count). The molecule has 2 atom stereocenters. The maximum absolute atomic E-state index is 11.6. The van der Waals surface area contributed by atoms with Crippen LogP contribution < -0.4 is 16.0 Å². The van der Waals surface area contributed by atoms with Crippen molar-refractivity contribution in [3.05, 3.63) is 0 Å². The van der Waals surface area contributed by atoms with Crippen LogP contribution in [0.5, 0.6) is 0 Å². The summed E-state index contributed by atoms with van der Waals surface area (Å²) >= 11 is 0. The van der Waals surface area contributed by atoms with Gasteiger partial charge in [-0.2, -0.15) is 0 Å². The minimum absolute atomic E-state index is 0.270. The van der Waals surface area contributed by atoms with Gasteiger partial charge in [-0.1, -0.05) is 19.8 Å². The van der Waals surface area contributed by atoms with Gasteiger partial charge < -0.3 is 15.7 Å². The fourth-order valence-electron chi connectivity index (χ4n) is 1.71. The standard InChI is InChI=1S/C11H17N3O5/c1-2-3-4-6(10(17)18)12-8(15)5-7-9(16)14-11(19)13-7/h6-7H,2-5H2,1H3,(H,12,15)(H,17,18)(H2,13,14,16,19)/t6-,7-/m0/s1. The van der Waals surface area contributed by atoms with Crippen LogP contribution in [0, 0.1) is 0 Å². The molecule has 0 radical (unpaired) electrons. The minimum atomic E-state index is -1.11. The Morgan fingerprint density at radius 1 is 1.42 bits per heavy atom. The van der Waals surface area contributed by atoms with Gasteiger partial charge in [-0.05, 0) is 6.42 Å². The first kappa shape index (κ1) is 14.9. The Morgan fingerprint density at radius 2 is 2.11 bits per heavy atom. The van der Waals surface area contributed by atoms with Crippen molar-refractivity contribution in [1.29, 1.82) is 0 Å². The maximum atomic E-state index is 11.6. The highest BCUT2D eigenvalue weighted by molar-refractivity contribution is 6.05. The Hall–Kier alpha value is -2.12. The molecule has 4 N–H and O–H groups in total. The molecule has 0 aliphatic carbocycles.